The van der Waals surface area contributed by atoms with Gasteiger partial charge in [-0.1, -0.05) is 54.6 Å². The maximum atomic E-state index is 13.3. The summed E-state index contributed by atoms with van der Waals surface area (Å²) in [5.41, 5.74) is 0.357. The molecule has 146 valence electrons. The van der Waals surface area contributed by atoms with E-state index in [1.165, 1.54) is 4.90 Å². The van der Waals surface area contributed by atoms with Crippen LogP contribution in [-0.4, -0.2) is 29.7 Å². The van der Waals surface area contributed by atoms with Crippen molar-refractivity contribution in [2.75, 3.05) is 23.0 Å². The third kappa shape index (κ3) is 3.41. The van der Waals surface area contributed by atoms with E-state index in [4.69, 9.17) is 0 Å². The van der Waals surface area contributed by atoms with E-state index >= 15 is 0 Å². The van der Waals surface area contributed by atoms with Crippen molar-refractivity contribution in [1.82, 2.24) is 0 Å². The van der Waals surface area contributed by atoms with Crippen molar-refractivity contribution in [2.24, 2.45) is 0 Å². The SMILES string of the molecule is CSc1cccc(NC(=O)CN2C(=O)[C@@](O)(c3ccccc3)c3ccccc32)c1. The number of nitrogens with zero attached hydrogens (tertiary/aromatic N) is 1. The summed E-state index contributed by atoms with van der Waals surface area (Å²) in [4.78, 5) is 28.3. The molecule has 29 heavy (non-hydrogen) atoms. The lowest BCUT2D eigenvalue weighted by molar-refractivity contribution is -0.133. The molecule has 0 saturated carbocycles. The maximum Gasteiger partial charge on any atom is 0.268 e. The monoisotopic (exact) mass is 404 g/mol. The first-order valence-corrected chi connectivity index (χ1v) is 10.4. The van der Waals surface area contributed by atoms with E-state index in [1.807, 2.05) is 30.5 Å². The lowest BCUT2D eigenvalue weighted by Gasteiger charge is -2.23. The van der Waals surface area contributed by atoms with Crippen LogP contribution < -0.4 is 10.2 Å². The predicted octanol–water partition coefficient (Wildman–Crippen LogP) is 3.63. The van der Waals surface area contributed by atoms with Gasteiger partial charge in [0.15, 0.2) is 5.60 Å². The Hall–Kier alpha value is -3.09. The van der Waals surface area contributed by atoms with Crippen LogP contribution in [0.2, 0.25) is 0 Å². The highest BCUT2D eigenvalue weighted by atomic mass is 32.2. The molecule has 0 fully saturated rings. The Morgan fingerprint density at radius 2 is 1.76 bits per heavy atom. The summed E-state index contributed by atoms with van der Waals surface area (Å²) in [6.07, 6.45) is 1.96. The molecule has 1 atom stereocenters. The van der Waals surface area contributed by atoms with E-state index in [9.17, 15) is 14.7 Å². The number of para-hydroxylation sites is 1. The summed E-state index contributed by atoms with van der Waals surface area (Å²) in [7, 11) is 0. The minimum absolute atomic E-state index is 0.186. The van der Waals surface area contributed by atoms with Gasteiger partial charge in [0.2, 0.25) is 5.91 Å². The Balaban J connectivity index is 1.63. The quantitative estimate of drug-likeness (QED) is 0.637. The Morgan fingerprint density at radius 3 is 2.52 bits per heavy atom. The van der Waals surface area contributed by atoms with Gasteiger partial charge >= 0.3 is 0 Å². The molecule has 0 radical (unpaired) electrons. The summed E-state index contributed by atoms with van der Waals surface area (Å²) in [5.74, 6) is -0.860. The number of hydrogen-bond acceptors (Lipinski definition) is 4. The Kier molecular flexibility index (Phi) is 5.13. The number of aliphatic hydroxyl groups is 1. The lowest BCUT2D eigenvalue weighted by Crippen LogP contribution is -2.44. The number of hydrogen-bond donors (Lipinski definition) is 2. The standard InChI is InChI=1S/C23H20N2O3S/c1-29-18-11-7-10-17(14-18)24-21(26)15-25-20-13-6-5-12-19(20)23(28,22(25)27)16-8-3-2-4-9-16/h2-14,28H,15H2,1H3,(H,24,26)/t23-/m1/s1. The molecular weight excluding hydrogens is 384 g/mol. The van der Waals surface area contributed by atoms with Gasteiger partial charge in [0.1, 0.15) is 6.54 Å². The van der Waals surface area contributed by atoms with Crippen LogP contribution in [0.3, 0.4) is 0 Å². The van der Waals surface area contributed by atoms with Gasteiger partial charge in [0.25, 0.3) is 5.91 Å². The number of fused-ring (bicyclic) bond motifs is 1. The number of thioether (sulfide) groups is 1. The molecule has 3 aromatic rings. The maximum absolute atomic E-state index is 13.3. The first-order valence-electron chi connectivity index (χ1n) is 9.17. The number of amides is 2. The molecule has 5 nitrogen and oxygen atoms in total. The number of anilines is 2. The van der Waals surface area contributed by atoms with Crippen molar-refractivity contribution >= 4 is 35.0 Å². The number of carbonyl (C=O) groups excluding carboxylic acids is 2. The zero-order valence-electron chi connectivity index (χ0n) is 15.8. The van der Waals surface area contributed by atoms with Crippen LogP contribution >= 0.6 is 11.8 Å². The highest BCUT2D eigenvalue weighted by molar-refractivity contribution is 7.98. The lowest BCUT2D eigenvalue weighted by atomic mass is 9.88. The molecule has 4 rings (SSSR count). The van der Waals surface area contributed by atoms with Gasteiger partial charge in [0.05, 0.1) is 5.69 Å². The van der Waals surface area contributed by atoms with Gasteiger partial charge in [0, 0.05) is 16.1 Å². The summed E-state index contributed by atoms with van der Waals surface area (Å²) >= 11 is 1.58. The molecule has 0 aromatic heterocycles. The fraction of sp³-hybridized carbons (Fsp3) is 0.130. The van der Waals surface area contributed by atoms with E-state index in [0.717, 1.165) is 4.90 Å². The van der Waals surface area contributed by atoms with Crippen LogP contribution in [0.15, 0.2) is 83.8 Å². The average Bonchev–Trinajstić information content (AvgIpc) is 2.97. The van der Waals surface area contributed by atoms with Gasteiger partial charge in [-0.05, 0) is 36.1 Å². The second-order valence-corrected chi connectivity index (χ2v) is 7.64. The second-order valence-electron chi connectivity index (χ2n) is 6.77. The molecule has 0 bridgehead atoms. The molecule has 0 unspecified atom stereocenters. The molecule has 6 heteroatoms. The van der Waals surface area contributed by atoms with E-state index < -0.39 is 11.5 Å². The van der Waals surface area contributed by atoms with Gasteiger partial charge < -0.3 is 10.4 Å². The van der Waals surface area contributed by atoms with Crippen LogP contribution in [0, 0.1) is 0 Å². The number of benzene rings is 3. The smallest absolute Gasteiger partial charge is 0.268 e. The molecule has 3 aromatic carbocycles. The fourth-order valence-electron chi connectivity index (χ4n) is 3.60. The number of nitrogens with one attached hydrogen (secondary N) is 1. The van der Waals surface area contributed by atoms with Crippen LogP contribution in [0.25, 0.3) is 0 Å². The second kappa shape index (κ2) is 7.73. The van der Waals surface area contributed by atoms with Crippen molar-refractivity contribution in [3.8, 4) is 0 Å². The van der Waals surface area contributed by atoms with Gasteiger partial charge in [-0.25, -0.2) is 0 Å². The first-order chi connectivity index (χ1) is 14.0. The summed E-state index contributed by atoms with van der Waals surface area (Å²) in [6, 6.07) is 23.3. The van der Waals surface area contributed by atoms with Gasteiger partial charge in [-0.3, -0.25) is 14.5 Å². The van der Waals surface area contributed by atoms with Crippen LogP contribution in [0.5, 0.6) is 0 Å². The van der Waals surface area contributed by atoms with Crippen molar-refractivity contribution in [1.29, 1.82) is 0 Å². The minimum atomic E-state index is -1.81. The first kappa shape index (κ1) is 19.2. The van der Waals surface area contributed by atoms with Crippen molar-refractivity contribution < 1.29 is 14.7 Å². The normalized spacial score (nSPS) is 17.9. The molecule has 1 heterocycles. The molecule has 0 spiro atoms. The molecular formula is C23H20N2O3S. The highest BCUT2D eigenvalue weighted by Gasteiger charge is 2.51. The molecule has 2 amide bonds. The van der Waals surface area contributed by atoms with Gasteiger partial charge in [-0.2, -0.15) is 0 Å². The molecule has 0 saturated heterocycles. The Labute approximate surface area is 173 Å². The molecule has 1 aliphatic rings. The van der Waals surface area contributed by atoms with Gasteiger partial charge in [-0.15, -0.1) is 11.8 Å². The van der Waals surface area contributed by atoms with E-state index in [1.54, 1.807) is 66.4 Å². The van der Waals surface area contributed by atoms with E-state index in [-0.39, 0.29) is 12.5 Å². The van der Waals surface area contributed by atoms with Crippen molar-refractivity contribution in [2.45, 2.75) is 10.5 Å². The summed E-state index contributed by atoms with van der Waals surface area (Å²) in [5, 5.41) is 14.2. The average molecular weight is 404 g/mol. The van der Waals surface area contributed by atoms with Crippen LogP contribution in [-0.2, 0) is 15.2 Å². The minimum Gasteiger partial charge on any atom is -0.372 e. The molecule has 2 N–H and O–H groups in total. The molecule has 1 aliphatic heterocycles. The van der Waals surface area contributed by atoms with E-state index in [0.29, 0.717) is 22.5 Å². The zero-order valence-corrected chi connectivity index (χ0v) is 16.6. The Morgan fingerprint density at radius 1 is 1.03 bits per heavy atom. The zero-order chi connectivity index (χ0) is 20.4. The van der Waals surface area contributed by atoms with Crippen LogP contribution in [0.1, 0.15) is 11.1 Å². The third-order valence-corrected chi connectivity index (χ3v) is 5.71. The van der Waals surface area contributed by atoms with E-state index in [2.05, 4.69) is 5.32 Å². The largest absolute Gasteiger partial charge is 0.372 e. The highest BCUT2D eigenvalue weighted by Crippen LogP contribution is 2.44. The Bertz CT molecular complexity index is 1070. The predicted molar refractivity (Wildman–Crippen MR) is 115 cm³/mol. The van der Waals surface area contributed by atoms with Crippen LogP contribution in [0.4, 0.5) is 11.4 Å². The fourth-order valence-corrected chi connectivity index (χ4v) is 4.05. The summed E-state index contributed by atoms with van der Waals surface area (Å²) < 4.78 is 0. The number of rotatable bonds is 5. The molecule has 0 aliphatic carbocycles. The third-order valence-electron chi connectivity index (χ3n) is 4.99. The number of carbonyl (C=O) groups is 2. The van der Waals surface area contributed by atoms with Crippen molar-refractivity contribution in [3.63, 3.8) is 0 Å². The van der Waals surface area contributed by atoms with Crippen molar-refractivity contribution in [3.05, 3.63) is 90.0 Å². The topological polar surface area (TPSA) is 69.6 Å². The summed E-state index contributed by atoms with van der Waals surface area (Å²) in [6.45, 7) is -0.186.